The zero-order chi connectivity index (χ0) is 15.7. The van der Waals surface area contributed by atoms with Gasteiger partial charge in [-0.2, -0.15) is 8.42 Å². The van der Waals surface area contributed by atoms with Crippen molar-refractivity contribution in [1.82, 2.24) is 5.32 Å². The second-order valence-electron chi connectivity index (χ2n) is 4.77. The molecule has 0 saturated heterocycles. The number of ether oxygens (including phenoxy) is 1. The quantitative estimate of drug-likeness (QED) is 0.718. The van der Waals surface area contributed by atoms with Crippen LogP contribution in [0.3, 0.4) is 0 Å². The van der Waals surface area contributed by atoms with E-state index in [-0.39, 0.29) is 24.8 Å². The second kappa shape index (κ2) is 8.63. The molecule has 0 radical (unpaired) electrons. The van der Waals surface area contributed by atoms with Crippen LogP contribution in [0.25, 0.3) is 0 Å². The summed E-state index contributed by atoms with van der Waals surface area (Å²) in [6.07, 6.45) is 0.977. The van der Waals surface area contributed by atoms with Gasteiger partial charge >= 0.3 is 6.09 Å². The van der Waals surface area contributed by atoms with Gasteiger partial charge in [-0.05, 0) is 18.4 Å². The SMILES string of the molecule is CCC[C@@H](CCS(=O)(=O)O)NC(=O)OCc1ccccc1. The fourth-order valence-electron chi connectivity index (χ4n) is 1.86. The number of hydrogen-bond acceptors (Lipinski definition) is 4. The van der Waals surface area contributed by atoms with E-state index in [1.165, 1.54) is 0 Å². The van der Waals surface area contributed by atoms with E-state index in [1.54, 1.807) is 0 Å². The molecular weight excluding hydrogens is 294 g/mol. The highest BCUT2D eigenvalue weighted by molar-refractivity contribution is 7.85. The topological polar surface area (TPSA) is 92.7 Å². The van der Waals surface area contributed by atoms with Crippen LogP contribution in [-0.4, -0.2) is 30.9 Å². The molecule has 21 heavy (non-hydrogen) atoms. The average molecular weight is 315 g/mol. The van der Waals surface area contributed by atoms with E-state index in [0.29, 0.717) is 6.42 Å². The van der Waals surface area contributed by atoms with Gasteiger partial charge in [0.2, 0.25) is 0 Å². The summed E-state index contributed by atoms with van der Waals surface area (Å²) in [7, 11) is -4.02. The average Bonchev–Trinajstić information content (AvgIpc) is 2.43. The van der Waals surface area contributed by atoms with Gasteiger partial charge in [-0.15, -0.1) is 0 Å². The molecule has 0 aromatic heterocycles. The van der Waals surface area contributed by atoms with Gasteiger partial charge in [0.1, 0.15) is 6.61 Å². The predicted molar refractivity (Wildman–Crippen MR) is 79.5 cm³/mol. The summed E-state index contributed by atoms with van der Waals surface area (Å²) >= 11 is 0. The number of carbonyl (C=O) groups excluding carboxylic acids is 1. The van der Waals surface area contributed by atoms with Crippen LogP contribution in [0.5, 0.6) is 0 Å². The maximum Gasteiger partial charge on any atom is 0.407 e. The van der Waals surface area contributed by atoms with Crippen molar-refractivity contribution in [2.75, 3.05) is 5.75 Å². The molecule has 0 aliphatic heterocycles. The largest absolute Gasteiger partial charge is 0.445 e. The number of alkyl carbamates (subject to hydrolysis) is 1. The van der Waals surface area contributed by atoms with Crippen molar-refractivity contribution in [2.24, 2.45) is 0 Å². The van der Waals surface area contributed by atoms with Crippen LogP contribution in [0.1, 0.15) is 31.7 Å². The van der Waals surface area contributed by atoms with Gasteiger partial charge in [0.05, 0.1) is 5.75 Å². The van der Waals surface area contributed by atoms with Gasteiger partial charge in [-0.25, -0.2) is 4.79 Å². The van der Waals surface area contributed by atoms with Gasteiger partial charge in [-0.3, -0.25) is 4.55 Å². The third-order valence-electron chi connectivity index (χ3n) is 2.90. The summed E-state index contributed by atoms with van der Waals surface area (Å²) in [5, 5.41) is 2.62. The molecule has 0 fully saturated rings. The molecule has 0 aliphatic rings. The molecule has 7 heteroatoms. The van der Waals surface area contributed by atoms with Crippen molar-refractivity contribution in [1.29, 1.82) is 0 Å². The highest BCUT2D eigenvalue weighted by Crippen LogP contribution is 2.06. The number of carbonyl (C=O) groups is 1. The summed E-state index contributed by atoms with van der Waals surface area (Å²) < 4.78 is 35.3. The van der Waals surface area contributed by atoms with Crippen LogP contribution in [0.2, 0.25) is 0 Å². The number of rotatable bonds is 8. The molecule has 0 bridgehead atoms. The summed E-state index contributed by atoms with van der Waals surface area (Å²) in [5.74, 6) is -0.378. The van der Waals surface area contributed by atoms with Gasteiger partial charge in [0.15, 0.2) is 0 Å². The molecule has 1 aromatic rings. The van der Waals surface area contributed by atoms with Crippen molar-refractivity contribution >= 4 is 16.2 Å². The monoisotopic (exact) mass is 315 g/mol. The van der Waals surface area contributed by atoms with E-state index in [9.17, 15) is 13.2 Å². The standard InChI is InChI=1S/C14H21NO5S/c1-2-6-13(9-10-21(17,18)19)15-14(16)20-11-12-7-4-3-5-8-12/h3-5,7-8,13H,2,6,9-11H2,1H3,(H,15,16)(H,17,18,19)/t13-/m0/s1. The highest BCUT2D eigenvalue weighted by atomic mass is 32.2. The Bertz CT molecular complexity index is 530. The van der Waals surface area contributed by atoms with Crippen molar-refractivity contribution in [3.05, 3.63) is 35.9 Å². The predicted octanol–water partition coefficient (Wildman–Crippen LogP) is 2.36. The third kappa shape index (κ3) is 8.31. The van der Waals surface area contributed by atoms with Crippen molar-refractivity contribution < 1.29 is 22.5 Å². The van der Waals surface area contributed by atoms with Gasteiger partial charge < -0.3 is 10.1 Å². The maximum atomic E-state index is 11.7. The van der Waals surface area contributed by atoms with Gasteiger partial charge in [0.25, 0.3) is 10.1 Å². The van der Waals surface area contributed by atoms with Crippen molar-refractivity contribution in [2.45, 2.75) is 38.8 Å². The molecule has 6 nitrogen and oxygen atoms in total. The van der Waals surface area contributed by atoms with E-state index in [4.69, 9.17) is 9.29 Å². The Hall–Kier alpha value is -1.60. The first-order chi connectivity index (χ1) is 9.90. The molecular formula is C14H21NO5S. The Morgan fingerprint density at radius 2 is 1.95 bits per heavy atom. The Morgan fingerprint density at radius 3 is 2.52 bits per heavy atom. The molecule has 1 atom stereocenters. The van der Waals surface area contributed by atoms with E-state index in [2.05, 4.69) is 5.32 Å². The normalized spacial score (nSPS) is 12.7. The van der Waals surface area contributed by atoms with Gasteiger partial charge in [-0.1, -0.05) is 43.7 Å². The lowest BCUT2D eigenvalue weighted by Gasteiger charge is -2.17. The second-order valence-corrected chi connectivity index (χ2v) is 6.34. The van der Waals surface area contributed by atoms with E-state index >= 15 is 0 Å². The molecule has 0 heterocycles. The molecule has 1 amide bonds. The van der Waals surface area contributed by atoms with Crippen molar-refractivity contribution in [3.63, 3.8) is 0 Å². The Morgan fingerprint density at radius 1 is 1.29 bits per heavy atom. The molecule has 0 aliphatic carbocycles. The number of benzene rings is 1. The zero-order valence-electron chi connectivity index (χ0n) is 12.0. The third-order valence-corrected chi connectivity index (χ3v) is 3.65. The first-order valence-corrected chi connectivity index (χ1v) is 8.44. The maximum absolute atomic E-state index is 11.7. The van der Waals surface area contributed by atoms with Crippen LogP contribution in [-0.2, 0) is 21.5 Å². The van der Waals surface area contributed by atoms with E-state index < -0.39 is 16.2 Å². The minimum Gasteiger partial charge on any atom is -0.445 e. The number of nitrogens with one attached hydrogen (secondary N) is 1. The lowest BCUT2D eigenvalue weighted by atomic mass is 10.1. The summed E-state index contributed by atoms with van der Waals surface area (Å²) in [6.45, 7) is 2.08. The molecule has 0 spiro atoms. The van der Waals surface area contributed by atoms with E-state index in [1.807, 2.05) is 37.3 Å². The van der Waals surface area contributed by atoms with Crippen LogP contribution < -0.4 is 5.32 Å². The lowest BCUT2D eigenvalue weighted by Crippen LogP contribution is -2.36. The van der Waals surface area contributed by atoms with Crippen molar-refractivity contribution in [3.8, 4) is 0 Å². The van der Waals surface area contributed by atoms with Crippen LogP contribution in [0, 0.1) is 0 Å². The summed E-state index contributed by atoms with van der Waals surface area (Å²) in [5.41, 5.74) is 0.873. The highest BCUT2D eigenvalue weighted by Gasteiger charge is 2.15. The molecule has 0 unspecified atom stereocenters. The fourth-order valence-corrected chi connectivity index (χ4v) is 2.44. The zero-order valence-corrected chi connectivity index (χ0v) is 12.8. The van der Waals surface area contributed by atoms with E-state index in [0.717, 1.165) is 12.0 Å². The Kier molecular flexibility index (Phi) is 7.18. The Labute approximate surface area is 125 Å². The molecule has 1 aromatic carbocycles. The fraction of sp³-hybridized carbons (Fsp3) is 0.500. The number of amides is 1. The summed E-state index contributed by atoms with van der Waals surface area (Å²) in [6, 6.07) is 8.92. The van der Waals surface area contributed by atoms with Crippen LogP contribution in [0.4, 0.5) is 4.79 Å². The number of hydrogen-bond donors (Lipinski definition) is 2. The smallest absolute Gasteiger partial charge is 0.407 e. The minimum absolute atomic E-state index is 0.157. The minimum atomic E-state index is -4.02. The molecule has 1 rings (SSSR count). The van der Waals surface area contributed by atoms with Crippen LogP contribution in [0.15, 0.2) is 30.3 Å². The summed E-state index contributed by atoms with van der Waals surface area (Å²) in [4.78, 5) is 11.7. The molecule has 118 valence electrons. The lowest BCUT2D eigenvalue weighted by molar-refractivity contribution is 0.134. The van der Waals surface area contributed by atoms with Gasteiger partial charge in [0, 0.05) is 6.04 Å². The first kappa shape index (κ1) is 17.5. The molecule has 0 saturated carbocycles. The Balaban J connectivity index is 2.41. The van der Waals surface area contributed by atoms with Crippen LogP contribution >= 0.6 is 0 Å². The molecule has 2 N–H and O–H groups in total. The first-order valence-electron chi connectivity index (χ1n) is 6.83.